The van der Waals surface area contributed by atoms with E-state index < -0.39 is 29.5 Å². The highest BCUT2D eigenvalue weighted by Gasteiger charge is 2.35. The lowest BCUT2D eigenvalue weighted by atomic mass is 9.89. The summed E-state index contributed by atoms with van der Waals surface area (Å²) >= 11 is 5.88. The van der Waals surface area contributed by atoms with Gasteiger partial charge in [-0.2, -0.15) is 0 Å². The molecule has 1 atom stereocenters. The van der Waals surface area contributed by atoms with E-state index in [1.165, 1.54) is 0 Å². The van der Waals surface area contributed by atoms with Crippen LogP contribution in [0.2, 0.25) is 5.02 Å². The van der Waals surface area contributed by atoms with E-state index >= 15 is 0 Å². The van der Waals surface area contributed by atoms with E-state index in [2.05, 4.69) is 10.6 Å². The summed E-state index contributed by atoms with van der Waals surface area (Å²) in [5.74, 6) is -1.86. The molecule has 1 unspecified atom stereocenters. The van der Waals surface area contributed by atoms with Gasteiger partial charge in [0.15, 0.2) is 5.78 Å². The second-order valence-electron chi connectivity index (χ2n) is 5.37. The van der Waals surface area contributed by atoms with E-state index in [0.717, 1.165) is 0 Å². The van der Waals surface area contributed by atoms with Gasteiger partial charge in [0.2, 0.25) is 0 Å². The first-order valence-electron chi connectivity index (χ1n) is 7.37. The summed E-state index contributed by atoms with van der Waals surface area (Å²) in [5.41, 5.74) is 0.406. The number of nitrogens with one attached hydrogen (secondary N) is 2. The van der Waals surface area contributed by atoms with E-state index in [1.807, 2.05) is 0 Å². The van der Waals surface area contributed by atoms with Gasteiger partial charge in [-0.05, 0) is 17.7 Å². The highest BCUT2D eigenvalue weighted by atomic mass is 35.5. The lowest BCUT2D eigenvalue weighted by Gasteiger charge is -2.28. The lowest BCUT2D eigenvalue weighted by Crippen LogP contribution is -2.47. The van der Waals surface area contributed by atoms with Crippen LogP contribution in [0, 0.1) is 0 Å². The molecule has 3 rings (SSSR count). The molecule has 0 spiro atoms. The number of carboxylic acids is 1. The number of rotatable bonds is 4. The summed E-state index contributed by atoms with van der Waals surface area (Å²) in [4.78, 5) is 36.4. The minimum Gasteiger partial charge on any atom is -0.477 e. The molecular weight excluding hydrogens is 344 g/mol. The summed E-state index contributed by atoms with van der Waals surface area (Å²) in [6.07, 6.45) is 0. The third kappa shape index (κ3) is 3.39. The normalized spacial score (nSPS) is 16.8. The fourth-order valence-electron chi connectivity index (χ4n) is 2.63. The summed E-state index contributed by atoms with van der Waals surface area (Å²) in [6, 6.07) is 13.2. The van der Waals surface area contributed by atoms with Gasteiger partial charge >= 0.3 is 12.0 Å². The Morgan fingerprint density at radius 2 is 1.64 bits per heavy atom. The molecule has 6 nitrogen and oxygen atoms in total. The minimum atomic E-state index is -1.38. The predicted octanol–water partition coefficient (Wildman–Crippen LogP) is 2.92. The van der Waals surface area contributed by atoms with Gasteiger partial charge in [-0.15, -0.1) is 0 Å². The van der Waals surface area contributed by atoms with Crippen molar-refractivity contribution in [2.45, 2.75) is 6.04 Å². The molecule has 2 aromatic carbocycles. The van der Waals surface area contributed by atoms with Crippen LogP contribution in [-0.4, -0.2) is 22.9 Å². The van der Waals surface area contributed by atoms with E-state index in [4.69, 9.17) is 11.6 Å². The SMILES string of the molecule is O=C1NC(C(=O)O)=C(C(=O)c2ccccc2)C(c2ccc(Cl)cc2)N1. The smallest absolute Gasteiger partial charge is 0.352 e. The maximum absolute atomic E-state index is 12.9. The number of amides is 2. The summed E-state index contributed by atoms with van der Waals surface area (Å²) < 4.78 is 0. The van der Waals surface area contributed by atoms with Gasteiger partial charge in [-0.25, -0.2) is 9.59 Å². The zero-order chi connectivity index (χ0) is 18.0. The Labute approximate surface area is 148 Å². The van der Waals surface area contributed by atoms with Crippen molar-refractivity contribution in [2.24, 2.45) is 0 Å². The maximum Gasteiger partial charge on any atom is 0.352 e. The van der Waals surface area contributed by atoms with Crippen molar-refractivity contribution >= 4 is 29.4 Å². The monoisotopic (exact) mass is 356 g/mol. The molecule has 25 heavy (non-hydrogen) atoms. The van der Waals surface area contributed by atoms with Crippen LogP contribution < -0.4 is 10.6 Å². The number of carbonyl (C=O) groups is 3. The summed E-state index contributed by atoms with van der Waals surface area (Å²) in [6.45, 7) is 0. The van der Waals surface area contributed by atoms with Crippen molar-refractivity contribution in [1.82, 2.24) is 10.6 Å². The Kier molecular flexibility index (Phi) is 4.54. The van der Waals surface area contributed by atoms with Crippen LogP contribution in [0.5, 0.6) is 0 Å². The Bertz CT molecular complexity index is 876. The van der Waals surface area contributed by atoms with Crippen LogP contribution >= 0.6 is 11.6 Å². The number of Topliss-reactive ketones (excluding diaryl/α,β-unsaturated/α-hetero) is 1. The zero-order valence-electron chi connectivity index (χ0n) is 12.8. The van der Waals surface area contributed by atoms with Gasteiger partial charge in [0.1, 0.15) is 5.70 Å². The van der Waals surface area contributed by atoms with Gasteiger partial charge in [-0.3, -0.25) is 4.79 Å². The number of urea groups is 1. The van der Waals surface area contributed by atoms with Gasteiger partial charge < -0.3 is 15.7 Å². The number of ketones is 1. The number of hydrogen-bond donors (Lipinski definition) is 3. The molecule has 0 aromatic heterocycles. The first kappa shape index (κ1) is 16.7. The Morgan fingerprint density at radius 1 is 1.00 bits per heavy atom. The number of carbonyl (C=O) groups excluding carboxylic acids is 2. The van der Waals surface area contributed by atoms with E-state index in [-0.39, 0.29) is 5.57 Å². The van der Waals surface area contributed by atoms with Crippen LogP contribution in [0.25, 0.3) is 0 Å². The predicted molar refractivity (Wildman–Crippen MR) is 91.3 cm³/mol. The second kappa shape index (κ2) is 6.78. The molecule has 3 N–H and O–H groups in total. The van der Waals surface area contributed by atoms with E-state index in [9.17, 15) is 19.5 Å². The Hall–Kier alpha value is -3.12. The van der Waals surface area contributed by atoms with Gasteiger partial charge in [0.25, 0.3) is 0 Å². The molecule has 2 aromatic rings. The molecule has 0 saturated heterocycles. The van der Waals surface area contributed by atoms with E-state index in [1.54, 1.807) is 54.6 Å². The highest BCUT2D eigenvalue weighted by Crippen LogP contribution is 2.30. The highest BCUT2D eigenvalue weighted by molar-refractivity contribution is 6.30. The quantitative estimate of drug-likeness (QED) is 0.734. The zero-order valence-corrected chi connectivity index (χ0v) is 13.6. The van der Waals surface area contributed by atoms with Crippen molar-refractivity contribution in [3.8, 4) is 0 Å². The third-order valence-corrected chi connectivity index (χ3v) is 4.02. The molecule has 0 bridgehead atoms. The molecule has 0 fully saturated rings. The van der Waals surface area contributed by atoms with Crippen LogP contribution in [0.3, 0.4) is 0 Å². The van der Waals surface area contributed by atoms with Gasteiger partial charge in [0.05, 0.1) is 11.6 Å². The molecule has 126 valence electrons. The summed E-state index contributed by atoms with van der Waals surface area (Å²) in [5, 5.41) is 14.8. The topological polar surface area (TPSA) is 95.5 Å². The molecule has 7 heteroatoms. The van der Waals surface area contributed by atoms with Crippen molar-refractivity contribution in [2.75, 3.05) is 0 Å². The van der Waals surface area contributed by atoms with Gasteiger partial charge in [0, 0.05) is 10.6 Å². The average Bonchev–Trinajstić information content (AvgIpc) is 2.61. The van der Waals surface area contributed by atoms with Crippen molar-refractivity contribution in [3.05, 3.63) is 82.0 Å². The maximum atomic E-state index is 12.9. The number of aliphatic carboxylic acids is 1. The second-order valence-corrected chi connectivity index (χ2v) is 5.81. The fraction of sp³-hybridized carbons (Fsp3) is 0.0556. The minimum absolute atomic E-state index is 0.0411. The van der Waals surface area contributed by atoms with Gasteiger partial charge in [-0.1, -0.05) is 54.1 Å². The van der Waals surface area contributed by atoms with Crippen LogP contribution in [-0.2, 0) is 4.79 Å². The lowest BCUT2D eigenvalue weighted by molar-refractivity contribution is -0.133. The van der Waals surface area contributed by atoms with Crippen LogP contribution in [0.15, 0.2) is 65.9 Å². The van der Waals surface area contributed by atoms with Crippen LogP contribution in [0.1, 0.15) is 22.0 Å². The molecule has 0 aliphatic carbocycles. The molecule has 0 radical (unpaired) electrons. The third-order valence-electron chi connectivity index (χ3n) is 3.77. The number of hydrogen-bond acceptors (Lipinski definition) is 3. The Balaban J connectivity index is 2.16. The molecule has 2 amide bonds. The first-order valence-corrected chi connectivity index (χ1v) is 7.75. The standard InChI is InChI=1S/C18H13ClN2O4/c19-12-8-6-10(7-9-12)14-13(15(17(23)24)21-18(25)20-14)16(22)11-4-2-1-3-5-11/h1-9,14H,(H,23,24)(H2,20,21,25). The van der Waals surface area contributed by atoms with Crippen molar-refractivity contribution in [3.63, 3.8) is 0 Å². The number of halogens is 1. The van der Waals surface area contributed by atoms with Crippen molar-refractivity contribution in [1.29, 1.82) is 0 Å². The molecule has 1 heterocycles. The summed E-state index contributed by atoms with van der Waals surface area (Å²) in [7, 11) is 0. The molecule has 1 aliphatic rings. The molecule has 0 saturated carbocycles. The van der Waals surface area contributed by atoms with Crippen molar-refractivity contribution < 1.29 is 19.5 Å². The number of carboxylic acid groups (broad SMARTS) is 1. The van der Waals surface area contributed by atoms with E-state index in [0.29, 0.717) is 16.1 Å². The van der Waals surface area contributed by atoms with Crippen LogP contribution in [0.4, 0.5) is 4.79 Å². The first-order chi connectivity index (χ1) is 12.0. The average molecular weight is 357 g/mol. The largest absolute Gasteiger partial charge is 0.477 e. The Morgan fingerprint density at radius 3 is 2.24 bits per heavy atom. The molecule has 1 aliphatic heterocycles. The molecular formula is C18H13ClN2O4. The number of benzene rings is 2. The fourth-order valence-corrected chi connectivity index (χ4v) is 2.75.